The number of hydrogen-bond acceptors (Lipinski definition) is 5. The molecule has 1 unspecified atom stereocenters. The number of nitrogens with one attached hydrogen (secondary N) is 2. The first-order valence-corrected chi connectivity index (χ1v) is 8.77. The minimum atomic E-state index is -0.0933. The van der Waals surface area contributed by atoms with Gasteiger partial charge in [0.1, 0.15) is 5.82 Å². The average Bonchev–Trinajstić information content (AvgIpc) is 3.18. The summed E-state index contributed by atoms with van der Waals surface area (Å²) >= 11 is 0. The summed E-state index contributed by atoms with van der Waals surface area (Å²) in [6.07, 6.45) is 6.20. The topological polar surface area (TPSA) is 76.1 Å². The highest BCUT2D eigenvalue weighted by Crippen LogP contribution is 2.13. The molecule has 0 aliphatic carbocycles. The molecule has 1 aliphatic rings. The zero-order chi connectivity index (χ0) is 17.3. The van der Waals surface area contributed by atoms with E-state index in [1.54, 1.807) is 18.5 Å². The summed E-state index contributed by atoms with van der Waals surface area (Å²) in [6.45, 7) is 3.13. The Balaban J connectivity index is 1.38. The van der Waals surface area contributed by atoms with E-state index in [4.69, 9.17) is 4.74 Å². The number of amides is 1. The minimum Gasteiger partial charge on any atom is -0.381 e. The number of nitrogens with zero attached hydrogens (tertiary/aromatic N) is 2. The highest BCUT2D eigenvalue weighted by Gasteiger charge is 2.15. The molecule has 0 saturated carbocycles. The number of hydrogen-bond donors (Lipinski definition) is 2. The molecule has 2 N–H and O–H groups in total. The van der Waals surface area contributed by atoms with Crippen LogP contribution in [0.5, 0.6) is 0 Å². The standard InChI is InChI=1S/C19H24N4O2/c24-19(21-10-3-5-17-4-1-2-9-20-17)16-6-7-18(23-13-16)22-12-15-8-11-25-14-15/h1-2,4,6-7,9,13,15H,3,5,8,10-12,14H2,(H,21,24)(H,22,23). The van der Waals surface area contributed by atoms with Gasteiger partial charge < -0.3 is 15.4 Å². The molecular weight excluding hydrogens is 316 g/mol. The molecule has 0 aromatic carbocycles. The Morgan fingerprint density at radius 1 is 1.24 bits per heavy atom. The second-order valence-corrected chi connectivity index (χ2v) is 6.22. The Morgan fingerprint density at radius 2 is 2.20 bits per heavy atom. The molecule has 3 rings (SSSR count). The van der Waals surface area contributed by atoms with Gasteiger partial charge in [-0.2, -0.15) is 0 Å². The van der Waals surface area contributed by atoms with Crippen molar-refractivity contribution in [3.63, 3.8) is 0 Å². The molecule has 1 aliphatic heterocycles. The van der Waals surface area contributed by atoms with Crippen LogP contribution in [0.1, 0.15) is 28.9 Å². The second kappa shape index (κ2) is 9.13. The van der Waals surface area contributed by atoms with E-state index in [9.17, 15) is 4.79 Å². The van der Waals surface area contributed by atoms with Crippen molar-refractivity contribution >= 4 is 11.7 Å². The van der Waals surface area contributed by atoms with E-state index in [0.29, 0.717) is 18.0 Å². The maximum Gasteiger partial charge on any atom is 0.252 e. The van der Waals surface area contributed by atoms with Crippen molar-refractivity contribution in [3.8, 4) is 0 Å². The molecule has 132 valence electrons. The van der Waals surface area contributed by atoms with Crippen molar-refractivity contribution < 1.29 is 9.53 Å². The van der Waals surface area contributed by atoms with E-state index in [1.165, 1.54) is 0 Å². The summed E-state index contributed by atoms with van der Waals surface area (Å²) in [4.78, 5) is 20.7. The lowest BCUT2D eigenvalue weighted by molar-refractivity contribution is 0.0953. The first-order chi connectivity index (χ1) is 12.3. The van der Waals surface area contributed by atoms with Gasteiger partial charge in [0.05, 0.1) is 12.2 Å². The summed E-state index contributed by atoms with van der Waals surface area (Å²) in [7, 11) is 0. The van der Waals surface area contributed by atoms with E-state index in [0.717, 1.165) is 50.5 Å². The molecule has 2 aromatic heterocycles. The number of anilines is 1. The molecule has 25 heavy (non-hydrogen) atoms. The zero-order valence-electron chi connectivity index (χ0n) is 14.3. The van der Waals surface area contributed by atoms with Crippen LogP contribution in [0.25, 0.3) is 0 Å². The fraction of sp³-hybridized carbons (Fsp3) is 0.421. The zero-order valence-corrected chi connectivity index (χ0v) is 14.3. The number of rotatable bonds is 8. The van der Waals surface area contributed by atoms with Gasteiger partial charge in [-0.05, 0) is 43.5 Å². The highest BCUT2D eigenvalue weighted by atomic mass is 16.5. The lowest BCUT2D eigenvalue weighted by atomic mass is 10.1. The van der Waals surface area contributed by atoms with Gasteiger partial charge in [-0.1, -0.05) is 6.07 Å². The molecule has 1 atom stereocenters. The van der Waals surface area contributed by atoms with Crippen molar-refractivity contribution in [2.45, 2.75) is 19.3 Å². The van der Waals surface area contributed by atoms with Gasteiger partial charge in [0, 0.05) is 43.7 Å². The molecule has 3 heterocycles. The fourth-order valence-corrected chi connectivity index (χ4v) is 2.75. The van der Waals surface area contributed by atoms with Crippen LogP contribution in [0.15, 0.2) is 42.7 Å². The molecular formula is C19H24N4O2. The highest BCUT2D eigenvalue weighted by molar-refractivity contribution is 5.94. The van der Waals surface area contributed by atoms with Crippen LogP contribution in [0.3, 0.4) is 0 Å². The molecule has 1 fully saturated rings. The van der Waals surface area contributed by atoms with Gasteiger partial charge >= 0.3 is 0 Å². The summed E-state index contributed by atoms with van der Waals surface area (Å²) in [5.74, 6) is 1.24. The van der Waals surface area contributed by atoms with Gasteiger partial charge in [-0.15, -0.1) is 0 Å². The van der Waals surface area contributed by atoms with E-state index < -0.39 is 0 Å². The molecule has 0 radical (unpaired) electrons. The summed E-state index contributed by atoms with van der Waals surface area (Å²) < 4.78 is 5.35. The Hall–Kier alpha value is -2.47. The van der Waals surface area contributed by atoms with Crippen LogP contribution in [-0.2, 0) is 11.2 Å². The molecule has 1 amide bonds. The maximum atomic E-state index is 12.1. The van der Waals surface area contributed by atoms with Crippen LogP contribution in [-0.4, -0.2) is 42.2 Å². The Morgan fingerprint density at radius 3 is 2.92 bits per heavy atom. The van der Waals surface area contributed by atoms with E-state index >= 15 is 0 Å². The molecule has 6 nitrogen and oxygen atoms in total. The Bertz CT molecular complexity index is 655. The third-order valence-corrected chi connectivity index (χ3v) is 4.24. The Kier molecular flexibility index (Phi) is 6.34. The number of pyridine rings is 2. The van der Waals surface area contributed by atoms with Crippen molar-refractivity contribution in [1.29, 1.82) is 0 Å². The van der Waals surface area contributed by atoms with Gasteiger partial charge in [0.15, 0.2) is 0 Å². The van der Waals surface area contributed by atoms with Gasteiger partial charge in [0.2, 0.25) is 0 Å². The van der Waals surface area contributed by atoms with Crippen molar-refractivity contribution in [3.05, 3.63) is 54.0 Å². The van der Waals surface area contributed by atoms with Crippen LogP contribution in [0.2, 0.25) is 0 Å². The lowest BCUT2D eigenvalue weighted by Gasteiger charge is -2.10. The van der Waals surface area contributed by atoms with Crippen molar-refractivity contribution in [1.82, 2.24) is 15.3 Å². The van der Waals surface area contributed by atoms with Gasteiger partial charge in [-0.25, -0.2) is 4.98 Å². The van der Waals surface area contributed by atoms with Crippen molar-refractivity contribution in [2.24, 2.45) is 5.92 Å². The molecule has 2 aromatic rings. The number of carbonyl (C=O) groups is 1. The van der Waals surface area contributed by atoms with E-state index in [-0.39, 0.29) is 5.91 Å². The van der Waals surface area contributed by atoms with Crippen LogP contribution in [0.4, 0.5) is 5.82 Å². The monoisotopic (exact) mass is 340 g/mol. The molecule has 6 heteroatoms. The first-order valence-electron chi connectivity index (χ1n) is 8.77. The maximum absolute atomic E-state index is 12.1. The van der Waals surface area contributed by atoms with Crippen molar-refractivity contribution in [2.75, 3.05) is 31.6 Å². The quantitative estimate of drug-likeness (QED) is 0.721. The number of aryl methyl sites for hydroxylation is 1. The summed E-state index contributed by atoms with van der Waals surface area (Å²) in [5, 5.41) is 6.22. The molecule has 1 saturated heterocycles. The minimum absolute atomic E-state index is 0.0933. The smallest absolute Gasteiger partial charge is 0.252 e. The van der Waals surface area contributed by atoms with Crippen LogP contribution in [0, 0.1) is 5.92 Å². The third kappa shape index (κ3) is 5.53. The first kappa shape index (κ1) is 17.4. The number of ether oxygens (including phenoxy) is 1. The van der Waals surface area contributed by atoms with Crippen LogP contribution < -0.4 is 10.6 Å². The van der Waals surface area contributed by atoms with Gasteiger partial charge in [-0.3, -0.25) is 9.78 Å². The number of carbonyl (C=O) groups excluding carboxylic acids is 1. The third-order valence-electron chi connectivity index (χ3n) is 4.24. The van der Waals surface area contributed by atoms with E-state index in [1.807, 2.05) is 24.3 Å². The normalized spacial score (nSPS) is 16.6. The SMILES string of the molecule is O=C(NCCCc1ccccn1)c1ccc(NCC2CCOC2)nc1. The Labute approximate surface area is 148 Å². The van der Waals surface area contributed by atoms with Crippen LogP contribution >= 0.6 is 0 Å². The second-order valence-electron chi connectivity index (χ2n) is 6.22. The molecule has 0 bridgehead atoms. The summed E-state index contributed by atoms with van der Waals surface area (Å²) in [6, 6.07) is 9.52. The fourth-order valence-electron chi connectivity index (χ4n) is 2.75. The average molecular weight is 340 g/mol. The molecule has 0 spiro atoms. The lowest BCUT2D eigenvalue weighted by Crippen LogP contribution is -2.25. The van der Waals surface area contributed by atoms with Gasteiger partial charge in [0.25, 0.3) is 5.91 Å². The predicted octanol–water partition coefficient (Wildman–Crippen LogP) is 2.29. The largest absolute Gasteiger partial charge is 0.381 e. The number of aromatic nitrogens is 2. The predicted molar refractivity (Wildman–Crippen MR) is 96.5 cm³/mol. The van der Waals surface area contributed by atoms with E-state index in [2.05, 4.69) is 20.6 Å². The summed E-state index contributed by atoms with van der Waals surface area (Å²) in [5.41, 5.74) is 1.62.